The maximum Gasteiger partial charge on any atom is 0.196 e. The summed E-state index contributed by atoms with van der Waals surface area (Å²) in [4.78, 5) is 24.0. The molecule has 10 heteroatoms. The van der Waals surface area contributed by atoms with E-state index in [1.165, 1.54) is 18.2 Å². The number of anilines is 2. The fraction of sp³-hybridized carbons (Fsp3) is 0.154. The summed E-state index contributed by atoms with van der Waals surface area (Å²) < 4.78 is 6.52. The Kier molecular flexibility index (Phi) is 9.20. The molecule has 248 valence electrons. The first-order valence-electron chi connectivity index (χ1n) is 15.6. The van der Waals surface area contributed by atoms with Crippen molar-refractivity contribution in [3.8, 4) is 45.6 Å². The average molecular weight is 713 g/mol. The highest BCUT2D eigenvalue weighted by atomic mass is 35.5. The molecule has 6 aromatic rings. The molecule has 0 saturated carbocycles. The third-order valence-electron chi connectivity index (χ3n) is 8.05. The van der Waals surface area contributed by atoms with Gasteiger partial charge in [-0.2, -0.15) is 0 Å². The standard InChI is InChI=1S/C37H26Cl3N3O4.C2H6/c1-37(2,3)18-11-13-20(14-12-18)47-28-17-25(41-33-23(39)15-19(38)16-24(33)40)29-31-32(21-7-4-5-8-22(21)35(29)46)42-36(43-34(28)31)30-26(44)9-6-10-27(30)45;1-2/h4-17,41,44-45H,1-3H3;1-2H3. The van der Waals surface area contributed by atoms with Gasteiger partial charge in [-0.1, -0.05) is 112 Å². The SMILES string of the molecule is CC.CC(C)(C)c1ccc(Oc2cc(Nc3c(Cl)cc(Cl)cc3Cl)c3c4c(nc(-c5c(O)cccc5O)nc24)-c2ccccc2C3=O)cc1. The van der Waals surface area contributed by atoms with Gasteiger partial charge in [0.1, 0.15) is 28.3 Å². The molecule has 7 rings (SSSR count). The number of fused-ring (bicyclic) bond motifs is 2. The van der Waals surface area contributed by atoms with Crippen LogP contribution in [0.15, 0.2) is 84.9 Å². The molecule has 0 fully saturated rings. The Bertz CT molecular complexity index is 2220. The number of phenols is 2. The van der Waals surface area contributed by atoms with Crippen molar-refractivity contribution in [1.82, 2.24) is 9.97 Å². The Labute approximate surface area is 299 Å². The molecule has 0 atom stereocenters. The van der Waals surface area contributed by atoms with Crippen LogP contribution in [-0.4, -0.2) is 26.0 Å². The summed E-state index contributed by atoms with van der Waals surface area (Å²) >= 11 is 19.4. The number of ketones is 1. The van der Waals surface area contributed by atoms with E-state index in [0.29, 0.717) is 49.9 Å². The van der Waals surface area contributed by atoms with Gasteiger partial charge in [0.2, 0.25) is 0 Å². The summed E-state index contributed by atoms with van der Waals surface area (Å²) in [6.07, 6.45) is 0. The van der Waals surface area contributed by atoms with Crippen molar-refractivity contribution in [3.63, 3.8) is 0 Å². The first-order valence-corrected chi connectivity index (χ1v) is 16.8. The van der Waals surface area contributed by atoms with Crippen molar-refractivity contribution in [2.45, 2.75) is 40.0 Å². The van der Waals surface area contributed by atoms with Crippen LogP contribution in [0.2, 0.25) is 15.1 Å². The molecule has 0 aliphatic heterocycles. The predicted octanol–water partition coefficient (Wildman–Crippen LogP) is 11.7. The van der Waals surface area contributed by atoms with Crippen LogP contribution in [0, 0.1) is 0 Å². The van der Waals surface area contributed by atoms with Crippen molar-refractivity contribution < 1.29 is 19.7 Å². The van der Waals surface area contributed by atoms with Gasteiger partial charge in [0, 0.05) is 27.6 Å². The number of ether oxygens (including phenoxy) is 1. The van der Waals surface area contributed by atoms with Gasteiger partial charge in [0.15, 0.2) is 17.4 Å². The summed E-state index contributed by atoms with van der Waals surface area (Å²) in [5.41, 5.74) is 3.77. The van der Waals surface area contributed by atoms with Crippen LogP contribution in [0.25, 0.3) is 33.5 Å². The van der Waals surface area contributed by atoms with Crippen LogP contribution in [0.1, 0.15) is 56.1 Å². The molecular weight excluding hydrogens is 681 g/mol. The van der Waals surface area contributed by atoms with Gasteiger partial charge >= 0.3 is 0 Å². The quantitative estimate of drug-likeness (QED) is 0.163. The number of nitrogens with one attached hydrogen (secondary N) is 1. The van der Waals surface area contributed by atoms with Gasteiger partial charge in [0.25, 0.3) is 0 Å². The normalized spacial score (nSPS) is 11.9. The molecule has 7 nitrogen and oxygen atoms in total. The molecule has 0 saturated heterocycles. The van der Waals surface area contributed by atoms with Crippen molar-refractivity contribution in [1.29, 1.82) is 0 Å². The van der Waals surface area contributed by atoms with E-state index in [-0.39, 0.29) is 55.4 Å². The molecule has 5 aromatic carbocycles. The number of hydrogen-bond donors (Lipinski definition) is 3. The largest absolute Gasteiger partial charge is 0.507 e. The molecular formula is C39H32Cl3N3O4. The Morgan fingerprint density at radius 3 is 1.98 bits per heavy atom. The lowest BCUT2D eigenvalue weighted by molar-refractivity contribution is 0.104. The molecule has 1 aromatic heterocycles. The van der Waals surface area contributed by atoms with Crippen LogP contribution in [0.5, 0.6) is 23.0 Å². The molecule has 49 heavy (non-hydrogen) atoms. The van der Waals surface area contributed by atoms with E-state index in [0.717, 1.165) is 5.56 Å². The maximum atomic E-state index is 14.3. The van der Waals surface area contributed by atoms with E-state index in [2.05, 4.69) is 26.1 Å². The van der Waals surface area contributed by atoms with Gasteiger partial charge in [-0.05, 0) is 47.4 Å². The number of phenolic OH excluding ortho intramolecular Hbond substituents is 2. The lowest BCUT2D eigenvalue weighted by Gasteiger charge is -2.25. The van der Waals surface area contributed by atoms with E-state index in [9.17, 15) is 15.0 Å². The second-order valence-corrected chi connectivity index (χ2v) is 13.5. The first kappa shape index (κ1) is 34.1. The van der Waals surface area contributed by atoms with E-state index in [1.807, 2.05) is 44.2 Å². The molecule has 0 spiro atoms. The number of rotatable bonds is 5. The van der Waals surface area contributed by atoms with Gasteiger partial charge in [-0.15, -0.1) is 0 Å². The summed E-state index contributed by atoms with van der Waals surface area (Å²) in [6.45, 7) is 10.4. The zero-order valence-corrected chi connectivity index (χ0v) is 29.6. The number of carbonyl (C=O) groups is 1. The van der Waals surface area contributed by atoms with Crippen molar-refractivity contribution in [2.24, 2.45) is 0 Å². The number of benzene rings is 5. The minimum atomic E-state index is -0.273. The van der Waals surface area contributed by atoms with Crippen LogP contribution < -0.4 is 10.1 Å². The van der Waals surface area contributed by atoms with Crippen molar-refractivity contribution >= 4 is 62.9 Å². The Morgan fingerprint density at radius 1 is 0.755 bits per heavy atom. The molecule has 1 heterocycles. The molecule has 0 bridgehead atoms. The minimum absolute atomic E-state index is 0.0454. The van der Waals surface area contributed by atoms with Crippen molar-refractivity contribution in [3.05, 3.63) is 117 Å². The third-order valence-corrected chi connectivity index (χ3v) is 8.86. The average Bonchev–Trinajstić information content (AvgIpc) is 3.06. The molecule has 1 aliphatic rings. The summed E-state index contributed by atoms with van der Waals surface area (Å²) in [6, 6.07) is 24.0. The fourth-order valence-corrected chi connectivity index (χ4v) is 6.64. The minimum Gasteiger partial charge on any atom is -0.507 e. The molecule has 3 N–H and O–H groups in total. The van der Waals surface area contributed by atoms with Gasteiger partial charge in [-0.3, -0.25) is 4.79 Å². The molecule has 0 amide bonds. The highest BCUT2D eigenvalue weighted by Gasteiger charge is 2.33. The summed E-state index contributed by atoms with van der Waals surface area (Å²) in [5.74, 6) is 0.171. The van der Waals surface area contributed by atoms with E-state index >= 15 is 0 Å². The molecule has 0 radical (unpaired) electrons. The maximum absolute atomic E-state index is 14.3. The zero-order valence-electron chi connectivity index (χ0n) is 27.3. The first-order chi connectivity index (χ1) is 23.4. The molecule has 0 unspecified atom stereocenters. The Morgan fingerprint density at radius 2 is 1.37 bits per heavy atom. The number of hydrogen-bond acceptors (Lipinski definition) is 7. The number of carbonyl (C=O) groups excluding carboxylic acids is 1. The van der Waals surface area contributed by atoms with Gasteiger partial charge in [0.05, 0.1) is 32.7 Å². The molecule has 1 aliphatic carbocycles. The number of aromatic nitrogens is 2. The van der Waals surface area contributed by atoms with Gasteiger partial charge < -0.3 is 20.3 Å². The summed E-state index contributed by atoms with van der Waals surface area (Å²) in [5, 5.41) is 26.1. The van der Waals surface area contributed by atoms with Crippen LogP contribution in [-0.2, 0) is 5.41 Å². The van der Waals surface area contributed by atoms with Crippen LogP contribution >= 0.6 is 34.8 Å². The van der Waals surface area contributed by atoms with Crippen molar-refractivity contribution in [2.75, 3.05) is 5.32 Å². The highest BCUT2D eigenvalue weighted by Crippen LogP contribution is 2.48. The second-order valence-electron chi connectivity index (χ2n) is 12.2. The van der Waals surface area contributed by atoms with E-state index < -0.39 is 0 Å². The fourth-order valence-electron chi connectivity index (χ4n) is 5.73. The number of aromatic hydroxyl groups is 2. The lowest BCUT2D eigenvalue weighted by atomic mass is 9.85. The predicted molar refractivity (Wildman–Crippen MR) is 198 cm³/mol. The Hall–Kier alpha value is -4.82. The van der Waals surface area contributed by atoms with Gasteiger partial charge in [-0.25, -0.2) is 9.97 Å². The number of nitrogens with zero attached hydrogens (tertiary/aromatic N) is 2. The van der Waals surface area contributed by atoms with E-state index in [4.69, 9.17) is 49.5 Å². The topological polar surface area (TPSA) is 105 Å². The van der Waals surface area contributed by atoms with Crippen LogP contribution in [0.4, 0.5) is 11.4 Å². The third kappa shape index (κ3) is 6.26. The summed E-state index contributed by atoms with van der Waals surface area (Å²) in [7, 11) is 0. The zero-order chi connectivity index (χ0) is 35.2. The van der Waals surface area contributed by atoms with Crippen LogP contribution in [0.3, 0.4) is 0 Å². The van der Waals surface area contributed by atoms with E-state index in [1.54, 1.807) is 36.4 Å². The lowest BCUT2D eigenvalue weighted by Crippen LogP contribution is -2.15. The monoisotopic (exact) mass is 711 g/mol. The Balaban J connectivity index is 0.00000205. The second kappa shape index (κ2) is 13.2. The number of halogens is 3. The highest BCUT2D eigenvalue weighted by molar-refractivity contribution is 6.42. The smallest absolute Gasteiger partial charge is 0.196 e.